The molecular weight excluding hydrogens is 372 g/mol. The highest BCUT2D eigenvalue weighted by Crippen LogP contribution is 2.32. The molecular formula is C14H12Br2N2O. The summed E-state index contributed by atoms with van der Waals surface area (Å²) in [6, 6.07) is 11.0. The average Bonchev–Trinajstić information content (AvgIpc) is 2.34. The lowest BCUT2D eigenvalue weighted by Gasteiger charge is -2.12. The zero-order valence-electron chi connectivity index (χ0n) is 10.2. The van der Waals surface area contributed by atoms with Crippen molar-refractivity contribution >= 4 is 49.1 Å². The molecule has 19 heavy (non-hydrogen) atoms. The number of aryl methyl sites for hydroxylation is 1. The van der Waals surface area contributed by atoms with Crippen molar-refractivity contribution in [1.82, 2.24) is 0 Å². The highest BCUT2D eigenvalue weighted by Gasteiger charge is 2.13. The van der Waals surface area contributed by atoms with Crippen LogP contribution in [0.25, 0.3) is 0 Å². The molecule has 1 amide bonds. The molecule has 0 heterocycles. The van der Waals surface area contributed by atoms with Crippen molar-refractivity contribution in [2.75, 3.05) is 11.1 Å². The van der Waals surface area contributed by atoms with E-state index in [0.717, 1.165) is 14.5 Å². The lowest BCUT2D eigenvalue weighted by molar-refractivity contribution is 0.102. The third-order valence-corrected chi connectivity index (χ3v) is 3.80. The first kappa shape index (κ1) is 14.1. The van der Waals surface area contributed by atoms with Gasteiger partial charge in [-0.15, -0.1) is 0 Å². The molecule has 2 aromatic carbocycles. The van der Waals surface area contributed by atoms with Gasteiger partial charge in [-0.25, -0.2) is 0 Å². The quantitative estimate of drug-likeness (QED) is 0.757. The zero-order chi connectivity index (χ0) is 14.0. The van der Waals surface area contributed by atoms with Crippen molar-refractivity contribution in [3.8, 4) is 0 Å². The van der Waals surface area contributed by atoms with Gasteiger partial charge in [0.2, 0.25) is 0 Å². The van der Waals surface area contributed by atoms with Crippen LogP contribution in [0.4, 0.5) is 11.4 Å². The maximum atomic E-state index is 12.2. The molecule has 3 nitrogen and oxygen atoms in total. The van der Waals surface area contributed by atoms with Crippen LogP contribution in [0.2, 0.25) is 0 Å². The molecule has 0 unspecified atom stereocenters. The number of nitrogen functional groups attached to an aromatic ring is 1. The second-order valence-corrected chi connectivity index (χ2v) is 5.89. The lowest BCUT2D eigenvalue weighted by atomic mass is 10.1. The predicted molar refractivity (Wildman–Crippen MR) is 85.4 cm³/mol. The molecule has 0 atom stereocenters. The van der Waals surface area contributed by atoms with E-state index >= 15 is 0 Å². The van der Waals surface area contributed by atoms with Crippen LogP contribution in [-0.2, 0) is 0 Å². The van der Waals surface area contributed by atoms with Gasteiger partial charge in [0.05, 0.1) is 11.4 Å². The maximum absolute atomic E-state index is 12.2. The summed E-state index contributed by atoms with van der Waals surface area (Å²) < 4.78 is 1.59. The number of halogens is 2. The largest absolute Gasteiger partial charge is 0.397 e. The van der Waals surface area contributed by atoms with E-state index in [1.54, 1.807) is 12.1 Å². The summed E-state index contributed by atoms with van der Waals surface area (Å²) in [6.07, 6.45) is 0. The van der Waals surface area contributed by atoms with E-state index in [1.165, 1.54) is 0 Å². The Hall–Kier alpha value is -1.33. The first-order chi connectivity index (χ1) is 8.99. The summed E-state index contributed by atoms with van der Waals surface area (Å²) in [6.45, 7) is 1.90. The molecule has 0 spiro atoms. The average molecular weight is 384 g/mol. The molecule has 0 aliphatic rings. The monoisotopic (exact) mass is 382 g/mol. The van der Waals surface area contributed by atoms with Gasteiger partial charge in [0.1, 0.15) is 0 Å². The van der Waals surface area contributed by atoms with Crippen molar-refractivity contribution < 1.29 is 4.79 Å². The van der Waals surface area contributed by atoms with Gasteiger partial charge >= 0.3 is 0 Å². The first-order valence-corrected chi connectivity index (χ1v) is 7.19. The van der Waals surface area contributed by atoms with Gasteiger partial charge < -0.3 is 11.1 Å². The van der Waals surface area contributed by atoms with E-state index in [2.05, 4.69) is 37.2 Å². The van der Waals surface area contributed by atoms with Crippen LogP contribution in [0, 0.1) is 6.92 Å². The summed E-state index contributed by atoms with van der Waals surface area (Å²) in [5.74, 6) is -0.173. The predicted octanol–water partition coefficient (Wildman–Crippen LogP) is 4.35. The summed E-state index contributed by atoms with van der Waals surface area (Å²) in [4.78, 5) is 12.2. The van der Waals surface area contributed by atoms with Crippen LogP contribution in [0.3, 0.4) is 0 Å². The Bertz CT molecular complexity index is 618. The van der Waals surface area contributed by atoms with Crippen LogP contribution in [-0.4, -0.2) is 5.91 Å². The molecule has 0 saturated carbocycles. The Balaban J connectivity index is 2.32. The van der Waals surface area contributed by atoms with Crippen molar-refractivity contribution in [3.63, 3.8) is 0 Å². The number of nitrogens with two attached hydrogens (primary N) is 1. The van der Waals surface area contributed by atoms with Crippen LogP contribution < -0.4 is 11.1 Å². The standard InChI is InChI=1S/C14H12Br2N2O/c1-8-4-2-3-5-10(8)14(19)18-13-11(16)6-9(15)7-12(13)17/h2-7H,17H2,1H3,(H,18,19). The molecule has 2 aromatic rings. The summed E-state index contributed by atoms with van der Waals surface area (Å²) in [5, 5.41) is 2.83. The fraction of sp³-hybridized carbons (Fsp3) is 0.0714. The van der Waals surface area contributed by atoms with Crippen LogP contribution in [0.5, 0.6) is 0 Å². The number of rotatable bonds is 2. The fourth-order valence-electron chi connectivity index (χ4n) is 1.73. The maximum Gasteiger partial charge on any atom is 0.256 e. The normalized spacial score (nSPS) is 10.3. The van der Waals surface area contributed by atoms with E-state index in [0.29, 0.717) is 16.9 Å². The number of carbonyl (C=O) groups is 1. The van der Waals surface area contributed by atoms with Gasteiger partial charge in [0, 0.05) is 14.5 Å². The number of nitrogens with one attached hydrogen (secondary N) is 1. The van der Waals surface area contributed by atoms with Gasteiger partial charge in [0.15, 0.2) is 0 Å². The SMILES string of the molecule is Cc1ccccc1C(=O)Nc1c(N)cc(Br)cc1Br. The lowest BCUT2D eigenvalue weighted by Crippen LogP contribution is -2.14. The molecule has 3 N–H and O–H groups in total. The third-order valence-electron chi connectivity index (χ3n) is 2.71. The Labute approximate surface area is 128 Å². The highest BCUT2D eigenvalue weighted by molar-refractivity contribution is 9.11. The molecule has 0 aromatic heterocycles. The van der Waals surface area contributed by atoms with Crippen LogP contribution >= 0.6 is 31.9 Å². The van der Waals surface area contributed by atoms with Gasteiger partial charge in [0.25, 0.3) is 5.91 Å². The minimum absolute atomic E-state index is 0.173. The van der Waals surface area contributed by atoms with Gasteiger partial charge in [-0.3, -0.25) is 4.79 Å². The molecule has 0 saturated heterocycles. The van der Waals surface area contributed by atoms with Gasteiger partial charge in [-0.05, 0) is 46.6 Å². The van der Waals surface area contributed by atoms with E-state index in [9.17, 15) is 4.79 Å². The van der Waals surface area contributed by atoms with E-state index < -0.39 is 0 Å². The summed E-state index contributed by atoms with van der Waals surface area (Å²) in [5.41, 5.74) is 8.55. The first-order valence-electron chi connectivity index (χ1n) is 5.60. The van der Waals surface area contributed by atoms with E-state index in [1.807, 2.05) is 31.2 Å². The Morgan fingerprint density at radius 2 is 1.89 bits per heavy atom. The summed E-state index contributed by atoms with van der Waals surface area (Å²) in [7, 11) is 0. The Morgan fingerprint density at radius 1 is 1.21 bits per heavy atom. The molecule has 0 bridgehead atoms. The molecule has 0 aliphatic heterocycles. The number of hydrogen-bond acceptors (Lipinski definition) is 2. The number of hydrogen-bond donors (Lipinski definition) is 2. The summed E-state index contributed by atoms with van der Waals surface area (Å²) >= 11 is 6.74. The van der Waals surface area contributed by atoms with Crippen LogP contribution in [0.15, 0.2) is 45.3 Å². The number of anilines is 2. The smallest absolute Gasteiger partial charge is 0.256 e. The molecule has 0 fully saturated rings. The Morgan fingerprint density at radius 3 is 2.53 bits per heavy atom. The molecule has 5 heteroatoms. The van der Waals surface area contributed by atoms with Crippen LogP contribution in [0.1, 0.15) is 15.9 Å². The number of amides is 1. The zero-order valence-corrected chi connectivity index (χ0v) is 13.4. The van der Waals surface area contributed by atoms with E-state index in [4.69, 9.17) is 5.73 Å². The van der Waals surface area contributed by atoms with E-state index in [-0.39, 0.29) is 5.91 Å². The minimum atomic E-state index is -0.173. The second kappa shape index (κ2) is 5.75. The van der Waals surface area contributed by atoms with Crippen molar-refractivity contribution in [2.24, 2.45) is 0 Å². The van der Waals surface area contributed by atoms with Crippen molar-refractivity contribution in [2.45, 2.75) is 6.92 Å². The van der Waals surface area contributed by atoms with Crippen molar-refractivity contribution in [3.05, 3.63) is 56.5 Å². The Kier molecular flexibility index (Phi) is 4.27. The molecule has 0 radical (unpaired) electrons. The van der Waals surface area contributed by atoms with Crippen molar-refractivity contribution in [1.29, 1.82) is 0 Å². The number of benzene rings is 2. The van der Waals surface area contributed by atoms with Gasteiger partial charge in [-0.2, -0.15) is 0 Å². The molecule has 0 aliphatic carbocycles. The molecule has 98 valence electrons. The second-order valence-electron chi connectivity index (χ2n) is 4.12. The highest BCUT2D eigenvalue weighted by atomic mass is 79.9. The fourth-order valence-corrected chi connectivity index (χ4v) is 3.09. The molecule has 2 rings (SSSR count). The third kappa shape index (κ3) is 3.16. The van der Waals surface area contributed by atoms with Gasteiger partial charge in [-0.1, -0.05) is 34.1 Å². The minimum Gasteiger partial charge on any atom is -0.397 e. The number of carbonyl (C=O) groups excluding carboxylic acids is 1. The topological polar surface area (TPSA) is 55.1 Å².